The summed E-state index contributed by atoms with van der Waals surface area (Å²) in [5, 5.41) is 2.56. The zero-order valence-electron chi connectivity index (χ0n) is 12.7. The van der Waals surface area contributed by atoms with Crippen LogP contribution in [0.5, 0.6) is 0 Å². The first-order valence-corrected chi connectivity index (χ1v) is 11.3. The van der Waals surface area contributed by atoms with Gasteiger partial charge in [0.25, 0.3) is 5.91 Å². The van der Waals surface area contributed by atoms with Crippen molar-refractivity contribution in [1.82, 2.24) is 5.32 Å². The molecule has 3 N–H and O–H groups in total. The number of alkyl halides is 1. The summed E-state index contributed by atoms with van der Waals surface area (Å²) in [4.78, 5) is 12.9. The molecule has 0 radical (unpaired) electrons. The van der Waals surface area contributed by atoms with Gasteiger partial charge in [-0.25, -0.2) is 0 Å². The number of rotatable bonds is 4. The van der Waals surface area contributed by atoms with Crippen molar-refractivity contribution in [3.05, 3.63) is 22.9 Å². The minimum atomic E-state index is -1.22. The van der Waals surface area contributed by atoms with Gasteiger partial charge in [0.2, 0.25) is 0 Å². The van der Waals surface area contributed by atoms with Crippen molar-refractivity contribution in [2.24, 2.45) is 5.73 Å². The van der Waals surface area contributed by atoms with Crippen LogP contribution in [0.25, 0.3) is 0 Å². The van der Waals surface area contributed by atoms with Crippen molar-refractivity contribution in [1.29, 1.82) is 0 Å². The number of hydrogen-bond donors (Lipinski definition) is 2. The summed E-state index contributed by atoms with van der Waals surface area (Å²) in [6.45, 7) is 10.7. The smallest absolute Gasteiger partial charge is 0.253 e. The maximum absolute atomic E-state index is 12.3. The molecule has 1 rings (SSSR count). The third-order valence-corrected chi connectivity index (χ3v) is 6.04. The summed E-state index contributed by atoms with van der Waals surface area (Å²) in [5.74, 6) is -0.166. The fourth-order valence-electron chi connectivity index (χ4n) is 2.32. The molecule has 2 unspecified atom stereocenters. The highest BCUT2D eigenvalue weighted by atomic mass is 35.5. The summed E-state index contributed by atoms with van der Waals surface area (Å²) in [6.07, 6.45) is 1.64. The number of nitrogens with one attached hydrogen (secondary N) is 1. The predicted molar refractivity (Wildman–Crippen MR) is 93.0 cm³/mol. The maximum Gasteiger partial charge on any atom is 0.253 e. The Balaban J connectivity index is 2.83. The molecule has 0 aromatic carbocycles. The van der Waals surface area contributed by atoms with Crippen LogP contribution < -0.4 is 11.1 Å². The van der Waals surface area contributed by atoms with Crippen LogP contribution in [0, 0.1) is 0 Å². The molecule has 1 amide bonds. The van der Waals surface area contributed by atoms with Gasteiger partial charge in [-0.1, -0.05) is 31.9 Å². The number of amides is 1. The summed E-state index contributed by atoms with van der Waals surface area (Å²) < 4.78 is 0. The van der Waals surface area contributed by atoms with Crippen LogP contribution in [0.3, 0.4) is 0 Å². The fourth-order valence-corrected chi connectivity index (χ4v) is 4.73. The molecule has 0 bridgehead atoms. The number of allylic oxidation sites excluding steroid dienone is 2. The first kappa shape index (κ1) is 17.4. The third-order valence-electron chi connectivity index (χ3n) is 3.17. The SMILES string of the molecule is CC1=C(N)C(C(=O)NC(C)C[Si](C)(C)C)=CC(Cl)C1=S. The minimum absolute atomic E-state index is 0.130. The lowest BCUT2D eigenvalue weighted by Crippen LogP contribution is -2.40. The van der Waals surface area contributed by atoms with E-state index in [1.165, 1.54) is 0 Å². The van der Waals surface area contributed by atoms with Gasteiger partial charge < -0.3 is 11.1 Å². The van der Waals surface area contributed by atoms with E-state index in [4.69, 9.17) is 29.6 Å². The summed E-state index contributed by atoms with van der Waals surface area (Å²) in [7, 11) is -1.22. The van der Waals surface area contributed by atoms with E-state index >= 15 is 0 Å². The number of thiocarbonyl (C=S) groups is 1. The van der Waals surface area contributed by atoms with Gasteiger partial charge in [-0.15, -0.1) is 11.6 Å². The zero-order valence-corrected chi connectivity index (χ0v) is 15.3. The lowest BCUT2D eigenvalue weighted by molar-refractivity contribution is -0.117. The van der Waals surface area contributed by atoms with Gasteiger partial charge >= 0.3 is 0 Å². The lowest BCUT2D eigenvalue weighted by atomic mass is 9.96. The van der Waals surface area contributed by atoms with Crippen LogP contribution >= 0.6 is 23.8 Å². The van der Waals surface area contributed by atoms with Crippen molar-refractivity contribution in [2.45, 2.75) is 51.0 Å². The third kappa shape index (κ3) is 4.43. The van der Waals surface area contributed by atoms with Gasteiger partial charge in [0.1, 0.15) is 0 Å². The van der Waals surface area contributed by atoms with E-state index in [9.17, 15) is 4.79 Å². The average molecular weight is 331 g/mol. The van der Waals surface area contributed by atoms with Gasteiger partial charge in [-0.3, -0.25) is 4.79 Å². The molecule has 0 saturated heterocycles. The van der Waals surface area contributed by atoms with Crippen molar-refractivity contribution >= 4 is 42.7 Å². The second-order valence-electron chi connectivity index (χ2n) is 6.52. The van der Waals surface area contributed by atoms with E-state index in [-0.39, 0.29) is 11.9 Å². The molecule has 112 valence electrons. The highest BCUT2D eigenvalue weighted by Gasteiger charge is 2.27. The molecule has 1 aliphatic carbocycles. The van der Waals surface area contributed by atoms with Crippen LogP contribution in [-0.2, 0) is 4.79 Å². The standard InChI is InChI=1S/C14H23ClN2OSSi/c1-8(7-20(3,4)5)17-14(18)10-6-11(15)13(19)9(2)12(10)16/h6,8,11H,7,16H2,1-5H3,(H,17,18). The number of carbonyl (C=O) groups excluding carboxylic acids is 1. The molecular weight excluding hydrogens is 308 g/mol. The van der Waals surface area contributed by atoms with Crippen molar-refractivity contribution in [3.8, 4) is 0 Å². The fraction of sp³-hybridized carbons (Fsp3) is 0.571. The highest BCUT2D eigenvalue weighted by molar-refractivity contribution is 7.81. The maximum atomic E-state index is 12.3. The Bertz CT molecular complexity index is 494. The molecule has 0 spiro atoms. The molecule has 0 heterocycles. The van der Waals surface area contributed by atoms with Crippen LogP contribution in [0.4, 0.5) is 0 Å². The van der Waals surface area contributed by atoms with Crippen molar-refractivity contribution < 1.29 is 4.79 Å². The van der Waals surface area contributed by atoms with Crippen molar-refractivity contribution in [2.75, 3.05) is 0 Å². The molecule has 0 saturated carbocycles. The van der Waals surface area contributed by atoms with E-state index in [0.29, 0.717) is 16.1 Å². The Morgan fingerprint density at radius 3 is 2.60 bits per heavy atom. The summed E-state index contributed by atoms with van der Waals surface area (Å²) >= 11 is 11.3. The minimum Gasteiger partial charge on any atom is -0.398 e. The molecule has 20 heavy (non-hydrogen) atoms. The Labute approximate surface area is 132 Å². The average Bonchev–Trinajstić information content (AvgIpc) is 2.28. The quantitative estimate of drug-likeness (QED) is 0.473. The van der Waals surface area contributed by atoms with Gasteiger partial charge in [-0.05, 0) is 31.5 Å². The molecule has 1 aliphatic rings. The van der Waals surface area contributed by atoms with Crippen LogP contribution in [0.2, 0.25) is 25.7 Å². The monoisotopic (exact) mass is 330 g/mol. The molecular formula is C14H23ClN2OSSi. The van der Waals surface area contributed by atoms with Gasteiger partial charge in [0.15, 0.2) is 0 Å². The van der Waals surface area contributed by atoms with E-state index in [1.807, 2.05) is 6.92 Å². The zero-order chi connectivity index (χ0) is 15.7. The second kappa shape index (κ2) is 6.41. The summed E-state index contributed by atoms with van der Waals surface area (Å²) in [5.41, 5.74) is 7.60. The lowest BCUT2D eigenvalue weighted by Gasteiger charge is -2.25. The first-order chi connectivity index (χ1) is 9.03. The Morgan fingerprint density at radius 2 is 2.10 bits per heavy atom. The van der Waals surface area contributed by atoms with E-state index in [0.717, 1.165) is 11.6 Å². The van der Waals surface area contributed by atoms with E-state index < -0.39 is 13.5 Å². The molecule has 0 aliphatic heterocycles. The second-order valence-corrected chi connectivity index (χ2v) is 13.0. The van der Waals surface area contributed by atoms with Crippen molar-refractivity contribution in [3.63, 3.8) is 0 Å². The Morgan fingerprint density at radius 1 is 1.55 bits per heavy atom. The molecule has 0 fully saturated rings. The molecule has 0 aromatic heterocycles. The van der Waals surface area contributed by atoms with Gasteiger partial charge in [0.05, 0.1) is 11.0 Å². The molecule has 6 heteroatoms. The predicted octanol–water partition coefficient (Wildman–Crippen LogP) is 2.98. The number of nitrogens with two attached hydrogens (primary N) is 1. The summed E-state index contributed by atoms with van der Waals surface area (Å²) in [6, 6.07) is 1.16. The van der Waals surface area contributed by atoms with E-state index in [2.05, 4.69) is 25.0 Å². The van der Waals surface area contributed by atoms with E-state index in [1.54, 1.807) is 13.0 Å². The molecule has 0 aromatic rings. The Hall–Kier alpha value is -0.653. The van der Waals surface area contributed by atoms with Gasteiger partial charge in [-0.2, -0.15) is 0 Å². The Kier molecular flexibility index (Phi) is 5.58. The topological polar surface area (TPSA) is 55.1 Å². The van der Waals surface area contributed by atoms with Crippen LogP contribution in [-0.4, -0.2) is 30.3 Å². The normalized spacial score (nSPS) is 21.6. The number of carbonyl (C=O) groups is 1. The van der Waals surface area contributed by atoms with Crippen LogP contribution in [0.1, 0.15) is 13.8 Å². The highest BCUT2D eigenvalue weighted by Crippen LogP contribution is 2.24. The number of hydrogen-bond acceptors (Lipinski definition) is 3. The van der Waals surface area contributed by atoms with Crippen LogP contribution in [0.15, 0.2) is 22.9 Å². The first-order valence-electron chi connectivity index (χ1n) is 6.70. The largest absolute Gasteiger partial charge is 0.398 e. The van der Waals surface area contributed by atoms with Gasteiger partial charge in [0, 0.05) is 24.7 Å². The molecule has 2 atom stereocenters. The number of halogens is 1. The molecule has 3 nitrogen and oxygen atoms in total.